The molecule has 1 aromatic heterocycles. The van der Waals surface area contributed by atoms with Crippen LogP contribution < -0.4 is 0 Å². The average Bonchev–Trinajstić information content (AvgIpc) is 3.13. The van der Waals surface area contributed by atoms with Crippen LogP contribution in [0, 0.1) is 11.2 Å². The maximum Gasteiger partial charge on any atom is 0.158 e. The van der Waals surface area contributed by atoms with E-state index in [9.17, 15) is 9.18 Å². The third-order valence-corrected chi connectivity index (χ3v) is 5.85. The van der Waals surface area contributed by atoms with Crippen molar-refractivity contribution in [3.63, 3.8) is 0 Å². The Morgan fingerprint density at radius 3 is 3.00 bits per heavy atom. The molecule has 0 fully saturated rings. The van der Waals surface area contributed by atoms with Gasteiger partial charge in [0, 0.05) is 23.4 Å². The summed E-state index contributed by atoms with van der Waals surface area (Å²) in [5, 5.41) is 0.984. The second-order valence-electron chi connectivity index (χ2n) is 7.13. The van der Waals surface area contributed by atoms with Gasteiger partial charge in [0.25, 0.3) is 0 Å². The Kier molecular flexibility index (Phi) is 3.22. The van der Waals surface area contributed by atoms with Gasteiger partial charge in [-0.3, -0.25) is 4.79 Å². The van der Waals surface area contributed by atoms with E-state index in [-0.39, 0.29) is 17.0 Å². The average molecular weight is 311 g/mol. The van der Waals surface area contributed by atoms with Gasteiger partial charge in [-0.25, -0.2) is 4.39 Å². The maximum atomic E-state index is 14.5. The third-order valence-electron chi connectivity index (χ3n) is 5.85. The highest BCUT2D eigenvalue weighted by molar-refractivity contribution is 6.07. The molecule has 2 aliphatic rings. The van der Waals surface area contributed by atoms with Crippen LogP contribution in [0.1, 0.15) is 57.1 Å². The summed E-state index contributed by atoms with van der Waals surface area (Å²) in [6.07, 6.45) is 7.67. The predicted molar refractivity (Wildman–Crippen MR) is 90.8 cm³/mol. The normalized spacial score (nSPS) is 23.5. The number of allylic oxidation sites excluding steroid dienone is 2. The number of nitrogens with one attached hydrogen (secondary N) is 1. The molecule has 0 radical (unpaired) electrons. The first-order valence-electron chi connectivity index (χ1n) is 8.61. The van der Waals surface area contributed by atoms with Crippen LogP contribution in [0.3, 0.4) is 0 Å². The Bertz CT molecular complexity index is 845. The van der Waals surface area contributed by atoms with Gasteiger partial charge in [0.2, 0.25) is 0 Å². The molecule has 0 saturated heterocycles. The van der Waals surface area contributed by atoms with Crippen molar-refractivity contribution in [3.8, 4) is 0 Å². The second-order valence-corrected chi connectivity index (χ2v) is 7.13. The molecule has 2 nitrogen and oxygen atoms in total. The van der Waals surface area contributed by atoms with E-state index in [4.69, 9.17) is 0 Å². The molecule has 0 amide bonds. The molecule has 0 aliphatic heterocycles. The number of benzene rings is 1. The summed E-state index contributed by atoms with van der Waals surface area (Å²) in [5.74, 6) is 0.0166. The Hall–Kier alpha value is -1.90. The SMILES string of the molecule is CCCCC12CCC(=O)C(C)=C1c1cc(F)c3[nH]ccc3c1C2. The molecule has 4 rings (SSSR count). The van der Waals surface area contributed by atoms with Crippen LogP contribution >= 0.6 is 0 Å². The summed E-state index contributed by atoms with van der Waals surface area (Å²) in [7, 11) is 0. The second kappa shape index (κ2) is 5.05. The number of carbonyl (C=O) groups is 1. The van der Waals surface area contributed by atoms with Gasteiger partial charge in [0.15, 0.2) is 5.78 Å². The summed E-state index contributed by atoms with van der Waals surface area (Å²) < 4.78 is 14.5. The van der Waals surface area contributed by atoms with Crippen LogP contribution in [0.5, 0.6) is 0 Å². The van der Waals surface area contributed by atoms with Crippen molar-refractivity contribution in [2.45, 2.75) is 52.4 Å². The van der Waals surface area contributed by atoms with Gasteiger partial charge in [-0.1, -0.05) is 19.8 Å². The number of hydrogen-bond donors (Lipinski definition) is 1. The number of unbranched alkanes of at least 4 members (excludes halogenated alkanes) is 1. The van der Waals surface area contributed by atoms with Gasteiger partial charge in [0.05, 0.1) is 5.52 Å². The van der Waals surface area contributed by atoms with Gasteiger partial charge in [-0.05, 0) is 60.6 Å². The van der Waals surface area contributed by atoms with E-state index in [1.165, 1.54) is 5.56 Å². The van der Waals surface area contributed by atoms with Crippen molar-refractivity contribution in [3.05, 3.63) is 40.8 Å². The summed E-state index contributed by atoms with van der Waals surface area (Å²) in [6.45, 7) is 4.14. The molecule has 3 heteroatoms. The fraction of sp³-hybridized carbons (Fsp3) is 0.450. The van der Waals surface area contributed by atoms with Crippen LogP contribution in [-0.2, 0) is 11.2 Å². The molecule has 0 bridgehead atoms. The highest BCUT2D eigenvalue weighted by Crippen LogP contribution is 2.57. The molecule has 1 N–H and O–H groups in total. The van der Waals surface area contributed by atoms with Crippen LogP contribution in [0.15, 0.2) is 23.9 Å². The molecular weight excluding hydrogens is 289 g/mol. The summed E-state index contributed by atoms with van der Waals surface area (Å²) in [5.41, 5.74) is 4.84. The van der Waals surface area contributed by atoms with E-state index in [1.54, 1.807) is 12.3 Å². The number of fused-ring (bicyclic) bond motifs is 5. The Balaban J connectivity index is 1.99. The van der Waals surface area contributed by atoms with Crippen molar-refractivity contribution in [2.24, 2.45) is 5.41 Å². The smallest absolute Gasteiger partial charge is 0.158 e. The number of halogens is 1. The van der Waals surface area contributed by atoms with E-state index in [0.717, 1.165) is 54.2 Å². The van der Waals surface area contributed by atoms with Crippen molar-refractivity contribution in [1.29, 1.82) is 0 Å². The lowest BCUT2D eigenvalue weighted by Crippen LogP contribution is -2.28. The number of Topliss-reactive ketones (excluding diaryl/α,β-unsaturated/α-hetero) is 1. The van der Waals surface area contributed by atoms with E-state index in [1.807, 2.05) is 13.0 Å². The number of rotatable bonds is 3. The molecule has 2 aliphatic carbocycles. The molecule has 23 heavy (non-hydrogen) atoms. The topological polar surface area (TPSA) is 32.9 Å². The highest BCUT2D eigenvalue weighted by Gasteiger charge is 2.46. The van der Waals surface area contributed by atoms with Gasteiger partial charge < -0.3 is 4.98 Å². The zero-order valence-electron chi connectivity index (χ0n) is 13.8. The Labute approximate surface area is 135 Å². The first-order chi connectivity index (χ1) is 11.1. The number of ketones is 1. The minimum absolute atomic E-state index is 0.0360. The Morgan fingerprint density at radius 2 is 2.22 bits per heavy atom. The molecule has 0 spiro atoms. The van der Waals surface area contributed by atoms with Crippen molar-refractivity contribution < 1.29 is 9.18 Å². The molecule has 1 heterocycles. The number of hydrogen-bond acceptors (Lipinski definition) is 1. The molecular formula is C20H22FNO. The fourth-order valence-electron chi connectivity index (χ4n) is 4.72. The summed E-state index contributed by atoms with van der Waals surface area (Å²) in [6, 6.07) is 3.62. The van der Waals surface area contributed by atoms with Crippen LogP contribution in [0.4, 0.5) is 4.39 Å². The molecule has 1 aromatic carbocycles. The largest absolute Gasteiger partial charge is 0.359 e. The van der Waals surface area contributed by atoms with Crippen LogP contribution in [0.25, 0.3) is 16.5 Å². The standard InChI is InChI=1S/C20H22FNO/c1-3-4-7-20-8-5-17(23)12(2)18(20)14-10-16(21)19-13(6-9-22-19)15(14)11-20/h6,9-10,22H,3-5,7-8,11H2,1-2H3. The van der Waals surface area contributed by atoms with E-state index in [2.05, 4.69) is 11.9 Å². The molecule has 0 saturated carbocycles. The van der Waals surface area contributed by atoms with E-state index >= 15 is 0 Å². The zero-order chi connectivity index (χ0) is 16.2. The lowest BCUT2D eigenvalue weighted by molar-refractivity contribution is -0.116. The van der Waals surface area contributed by atoms with E-state index in [0.29, 0.717) is 11.9 Å². The number of H-pyrrole nitrogens is 1. The van der Waals surface area contributed by atoms with Crippen molar-refractivity contribution in [1.82, 2.24) is 4.98 Å². The van der Waals surface area contributed by atoms with Gasteiger partial charge in [0.1, 0.15) is 5.82 Å². The number of carbonyl (C=O) groups excluding carboxylic acids is 1. The van der Waals surface area contributed by atoms with Gasteiger partial charge in [-0.2, -0.15) is 0 Å². The lowest BCUT2D eigenvalue weighted by atomic mass is 9.67. The number of aromatic nitrogens is 1. The molecule has 2 aromatic rings. The molecule has 1 atom stereocenters. The lowest BCUT2D eigenvalue weighted by Gasteiger charge is -2.36. The predicted octanol–water partition coefficient (Wildman–Crippen LogP) is 5.18. The monoisotopic (exact) mass is 311 g/mol. The zero-order valence-corrected chi connectivity index (χ0v) is 13.8. The van der Waals surface area contributed by atoms with Crippen molar-refractivity contribution in [2.75, 3.05) is 0 Å². The quantitative estimate of drug-likeness (QED) is 0.832. The van der Waals surface area contributed by atoms with Gasteiger partial charge in [-0.15, -0.1) is 0 Å². The number of aromatic amines is 1. The molecule has 1 unspecified atom stereocenters. The van der Waals surface area contributed by atoms with E-state index < -0.39 is 0 Å². The Morgan fingerprint density at radius 1 is 1.39 bits per heavy atom. The molecule has 120 valence electrons. The maximum absolute atomic E-state index is 14.5. The highest BCUT2D eigenvalue weighted by atomic mass is 19.1. The summed E-state index contributed by atoms with van der Waals surface area (Å²) >= 11 is 0. The van der Waals surface area contributed by atoms with Crippen molar-refractivity contribution >= 4 is 22.3 Å². The minimum atomic E-state index is -0.214. The minimum Gasteiger partial charge on any atom is -0.359 e. The first kappa shape index (κ1) is 14.7. The summed E-state index contributed by atoms with van der Waals surface area (Å²) in [4.78, 5) is 15.3. The van der Waals surface area contributed by atoms with Crippen LogP contribution in [0.2, 0.25) is 0 Å². The third kappa shape index (κ3) is 1.95. The van der Waals surface area contributed by atoms with Gasteiger partial charge >= 0.3 is 0 Å². The van der Waals surface area contributed by atoms with Crippen LogP contribution in [-0.4, -0.2) is 10.8 Å². The fourth-order valence-corrected chi connectivity index (χ4v) is 4.72. The first-order valence-corrected chi connectivity index (χ1v) is 8.61.